The van der Waals surface area contributed by atoms with Gasteiger partial charge in [0.1, 0.15) is 0 Å². The molecule has 2 rings (SSSR count). The quantitative estimate of drug-likeness (QED) is 0.871. The number of halogens is 1. The minimum atomic E-state index is -3.46. The summed E-state index contributed by atoms with van der Waals surface area (Å²) in [6.07, 6.45) is 4.06. The molecule has 0 bridgehead atoms. The van der Waals surface area contributed by atoms with Gasteiger partial charge in [0.25, 0.3) is 0 Å². The number of nitrogens with two attached hydrogens (primary N) is 1. The molecule has 1 aromatic carbocycles. The fraction of sp³-hybridized carbons (Fsp3) is 0.571. The molecule has 1 saturated heterocycles. The van der Waals surface area contributed by atoms with Crippen molar-refractivity contribution in [2.24, 2.45) is 5.92 Å². The van der Waals surface area contributed by atoms with Crippen LogP contribution in [0.3, 0.4) is 0 Å². The highest BCUT2D eigenvalue weighted by molar-refractivity contribution is 7.89. The zero-order valence-electron chi connectivity index (χ0n) is 11.7. The summed E-state index contributed by atoms with van der Waals surface area (Å²) in [5.74, 6) is 0.630. The van der Waals surface area contributed by atoms with E-state index in [1.807, 2.05) is 0 Å². The normalized spacial score (nSPS) is 21.6. The molecule has 2 N–H and O–H groups in total. The molecule has 4 nitrogen and oxygen atoms in total. The van der Waals surface area contributed by atoms with Crippen LogP contribution in [0.2, 0.25) is 5.02 Å². The van der Waals surface area contributed by atoms with E-state index in [1.165, 1.54) is 12.1 Å². The van der Waals surface area contributed by atoms with E-state index in [1.54, 1.807) is 10.4 Å². The van der Waals surface area contributed by atoms with E-state index in [0.717, 1.165) is 25.7 Å². The third-order valence-corrected chi connectivity index (χ3v) is 6.22. The molecule has 1 atom stereocenters. The second-order valence-electron chi connectivity index (χ2n) is 5.29. The summed E-state index contributed by atoms with van der Waals surface area (Å²) in [4.78, 5) is 0.228. The monoisotopic (exact) mass is 316 g/mol. The molecular formula is C14H21ClN2O2S. The lowest BCUT2D eigenvalue weighted by Crippen LogP contribution is -2.32. The second-order valence-corrected chi connectivity index (χ2v) is 7.64. The minimum Gasteiger partial charge on any atom is -0.398 e. The molecule has 0 radical (unpaired) electrons. The second kappa shape index (κ2) is 6.33. The average Bonchev–Trinajstić information content (AvgIpc) is 2.67. The molecule has 0 saturated carbocycles. The molecule has 1 aliphatic rings. The maximum absolute atomic E-state index is 12.6. The largest absolute Gasteiger partial charge is 0.398 e. The van der Waals surface area contributed by atoms with Crippen molar-refractivity contribution in [3.05, 3.63) is 23.2 Å². The first-order valence-corrected chi connectivity index (χ1v) is 8.82. The van der Waals surface area contributed by atoms with E-state index >= 15 is 0 Å². The predicted molar refractivity (Wildman–Crippen MR) is 82.3 cm³/mol. The Balaban J connectivity index is 2.23. The van der Waals surface area contributed by atoms with Crippen LogP contribution in [0.1, 0.15) is 32.6 Å². The van der Waals surface area contributed by atoms with Gasteiger partial charge in [-0.25, -0.2) is 8.42 Å². The Labute approximate surface area is 126 Å². The van der Waals surface area contributed by atoms with Crippen molar-refractivity contribution in [1.29, 1.82) is 0 Å². The van der Waals surface area contributed by atoms with E-state index in [4.69, 9.17) is 17.3 Å². The van der Waals surface area contributed by atoms with Gasteiger partial charge in [-0.05, 0) is 43.4 Å². The third-order valence-electron chi connectivity index (χ3n) is 3.99. The fourth-order valence-electron chi connectivity index (χ4n) is 2.61. The van der Waals surface area contributed by atoms with Crippen LogP contribution in [0.25, 0.3) is 0 Å². The number of rotatable bonds is 3. The van der Waals surface area contributed by atoms with Gasteiger partial charge in [0, 0.05) is 13.1 Å². The van der Waals surface area contributed by atoms with Crippen LogP contribution in [0.4, 0.5) is 5.69 Å². The summed E-state index contributed by atoms with van der Waals surface area (Å²) < 4.78 is 26.8. The lowest BCUT2D eigenvalue weighted by Gasteiger charge is -2.20. The maximum Gasteiger partial charge on any atom is 0.243 e. The standard InChI is InChI=1S/C14H21ClN2O2S/c1-2-11-4-3-8-17(9-7-11)20(18,19)12-5-6-14(16)13(15)10-12/h5-6,10-11H,2-4,7-9,16H2,1H3. The molecule has 0 amide bonds. The van der Waals surface area contributed by atoms with E-state index in [0.29, 0.717) is 24.7 Å². The molecule has 6 heteroatoms. The van der Waals surface area contributed by atoms with Crippen molar-refractivity contribution in [3.8, 4) is 0 Å². The van der Waals surface area contributed by atoms with Crippen molar-refractivity contribution in [2.75, 3.05) is 18.8 Å². The number of hydrogen-bond donors (Lipinski definition) is 1. The topological polar surface area (TPSA) is 63.4 Å². The average molecular weight is 317 g/mol. The molecule has 1 aromatic rings. The highest BCUT2D eigenvalue weighted by atomic mass is 35.5. The van der Waals surface area contributed by atoms with Crippen LogP contribution in [0.15, 0.2) is 23.1 Å². The van der Waals surface area contributed by atoms with Gasteiger partial charge in [-0.15, -0.1) is 0 Å². The summed E-state index contributed by atoms with van der Waals surface area (Å²) in [7, 11) is -3.46. The van der Waals surface area contributed by atoms with Gasteiger partial charge in [-0.2, -0.15) is 4.31 Å². The number of nitrogen functional groups attached to an aromatic ring is 1. The van der Waals surface area contributed by atoms with Crippen molar-refractivity contribution in [2.45, 2.75) is 37.5 Å². The molecule has 1 heterocycles. The molecule has 1 aliphatic heterocycles. The van der Waals surface area contributed by atoms with Crippen molar-refractivity contribution < 1.29 is 8.42 Å². The highest BCUT2D eigenvalue weighted by Gasteiger charge is 2.27. The molecule has 1 unspecified atom stereocenters. The summed E-state index contributed by atoms with van der Waals surface area (Å²) in [6.45, 7) is 3.33. The molecule has 112 valence electrons. The van der Waals surface area contributed by atoms with Gasteiger partial charge >= 0.3 is 0 Å². The molecule has 20 heavy (non-hydrogen) atoms. The van der Waals surface area contributed by atoms with Crippen LogP contribution < -0.4 is 5.73 Å². The summed E-state index contributed by atoms with van der Waals surface area (Å²) in [6, 6.07) is 4.51. The number of hydrogen-bond acceptors (Lipinski definition) is 3. The molecule has 0 aromatic heterocycles. The molecule has 1 fully saturated rings. The van der Waals surface area contributed by atoms with Gasteiger partial charge in [-0.3, -0.25) is 0 Å². The number of benzene rings is 1. The lowest BCUT2D eigenvalue weighted by atomic mass is 9.98. The van der Waals surface area contributed by atoms with Crippen LogP contribution in [-0.4, -0.2) is 25.8 Å². The van der Waals surface area contributed by atoms with E-state index in [2.05, 4.69) is 6.92 Å². The smallest absolute Gasteiger partial charge is 0.243 e. The Kier molecular flexibility index (Phi) is 4.94. The maximum atomic E-state index is 12.6. The van der Waals surface area contributed by atoms with Gasteiger partial charge in [0.05, 0.1) is 15.6 Å². The Hall–Kier alpha value is -0.780. The summed E-state index contributed by atoms with van der Waals surface area (Å²) in [5, 5.41) is 0.285. The van der Waals surface area contributed by atoms with Crippen LogP contribution in [0, 0.1) is 5.92 Å². The van der Waals surface area contributed by atoms with Crippen LogP contribution in [-0.2, 0) is 10.0 Å². The fourth-order valence-corrected chi connectivity index (χ4v) is 4.37. The zero-order valence-corrected chi connectivity index (χ0v) is 13.3. The summed E-state index contributed by atoms with van der Waals surface area (Å²) in [5.41, 5.74) is 6.03. The third kappa shape index (κ3) is 3.27. The molecule has 0 spiro atoms. The van der Waals surface area contributed by atoms with Crippen molar-refractivity contribution in [1.82, 2.24) is 4.31 Å². The van der Waals surface area contributed by atoms with Gasteiger partial charge in [0.2, 0.25) is 10.0 Å². The first-order chi connectivity index (χ1) is 9.45. The Morgan fingerprint density at radius 1 is 1.35 bits per heavy atom. The number of sulfonamides is 1. The summed E-state index contributed by atoms with van der Waals surface area (Å²) >= 11 is 5.93. The van der Waals surface area contributed by atoms with Gasteiger partial charge in [-0.1, -0.05) is 24.9 Å². The highest BCUT2D eigenvalue weighted by Crippen LogP contribution is 2.27. The van der Waals surface area contributed by atoms with E-state index < -0.39 is 10.0 Å². The van der Waals surface area contributed by atoms with Crippen LogP contribution in [0.5, 0.6) is 0 Å². The Morgan fingerprint density at radius 3 is 2.75 bits per heavy atom. The lowest BCUT2D eigenvalue weighted by molar-refractivity contribution is 0.407. The Morgan fingerprint density at radius 2 is 2.10 bits per heavy atom. The predicted octanol–water partition coefficient (Wildman–Crippen LogP) is 3.12. The zero-order chi connectivity index (χ0) is 14.8. The molecular weight excluding hydrogens is 296 g/mol. The minimum absolute atomic E-state index is 0.228. The number of nitrogens with zero attached hydrogens (tertiary/aromatic N) is 1. The SMILES string of the molecule is CCC1CCCN(S(=O)(=O)c2ccc(N)c(Cl)c2)CC1. The number of anilines is 1. The first-order valence-electron chi connectivity index (χ1n) is 7.00. The van der Waals surface area contributed by atoms with E-state index in [-0.39, 0.29) is 9.92 Å². The van der Waals surface area contributed by atoms with Gasteiger partial charge in [0.15, 0.2) is 0 Å². The Bertz CT molecular complexity index is 575. The van der Waals surface area contributed by atoms with Crippen LogP contribution >= 0.6 is 11.6 Å². The molecule has 0 aliphatic carbocycles. The van der Waals surface area contributed by atoms with Gasteiger partial charge < -0.3 is 5.73 Å². The van der Waals surface area contributed by atoms with Crippen molar-refractivity contribution >= 4 is 27.3 Å². The van der Waals surface area contributed by atoms with Crippen molar-refractivity contribution in [3.63, 3.8) is 0 Å². The van der Waals surface area contributed by atoms with E-state index in [9.17, 15) is 8.42 Å². The first kappa shape index (κ1) is 15.6.